The van der Waals surface area contributed by atoms with E-state index in [0.29, 0.717) is 19.4 Å². The molecule has 1 amide bonds. The summed E-state index contributed by atoms with van der Waals surface area (Å²) in [5.41, 5.74) is 0.287. The number of halogens is 3. The zero-order chi connectivity index (χ0) is 19.6. The van der Waals surface area contributed by atoms with Gasteiger partial charge in [-0.05, 0) is 55.3 Å². The Morgan fingerprint density at radius 3 is 2.59 bits per heavy atom. The maximum Gasteiger partial charge on any atom is 0.243 e. The number of piperidine rings is 1. The van der Waals surface area contributed by atoms with Gasteiger partial charge in [-0.25, -0.2) is 12.8 Å². The summed E-state index contributed by atoms with van der Waals surface area (Å²) < 4.78 is 41.3. The lowest BCUT2D eigenvalue weighted by atomic mass is 9.99. The normalized spacial score (nSPS) is 18.3. The molecule has 0 bridgehead atoms. The minimum atomic E-state index is -3.68. The Bertz CT molecular complexity index is 954. The van der Waals surface area contributed by atoms with Gasteiger partial charge >= 0.3 is 0 Å². The van der Waals surface area contributed by atoms with Gasteiger partial charge < -0.3 is 5.32 Å². The van der Waals surface area contributed by atoms with Gasteiger partial charge in [0.1, 0.15) is 5.82 Å². The van der Waals surface area contributed by atoms with E-state index in [0.717, 1.165) is 10.5 Å². The van der Waals surface area contributed by atoms with E-state index in [1.807, 2.05) is 0 Å². The number of rotatable bonds is 4. The standard InChI is InChI=1S/C18H17BrClFN2O3S/c19-13-3-6-15(7-4-13)27(25,26)23-9-1-2-12(11-23)18(24)22-14-5-8-16(20)17(21)10-14/h3-8,10,12H,1-2,9,11H2,(H,22,24)/t12-/m0/s1. The molecule has 0 saturated carbocycles. The summed E-state index contributed by atoms with van der Waals surface area (Å²) in [6.45, 7) is 0.443. The van der Waals surface area contributed by atoms with Crippen LogP contribution in [0.5, 0.6) is 0 Å². The van der Waals surface area contributed by atoms with Crippen molar-refractivity contribution in [2.45, 2.75) is 17.7 Å². The summed E-state index contributed by atoms with van der Waals surface area (Å²) in [5, 5.41) is 2.60. The second-order valence-corrected chi connectivity index (χ2v) is 9.54. The Kier molecular flexibility index (Phi) is 6.20. The van der Waals surface area contributed by atoms with Crippen molar-refractivity contribution < 1.29 is 17.6 Å². The molecule has 0 aliphatic carbocycles. The fraction of sp³-hybridized carbons (Fsp3) is 0.278. The first kappa shape index (κ1) is 20.3. The van der Waals surface area contributed by atoms with Gasteiger partial charge in [-0.1, -0.05) is 27.5 Å². The maximum atomic E-state index is 13.5. The Labute approximate surface area is 170 Å². The quantitative estimate of drug-likeness (QED) is 0.718. The lowest BCUT2D eigenvalue weighted by molar-refractivity contribution is -0.120. The number of carbonyl (C=O) groups is 1. The van der Waals surface area contributed by atoms with Crippen LogP contribution in [-0.4, -0.2) is 31.7 Å². The van der Waals surface area contributed by atoms with Crippen LogP contribution in [0.1, 0.15) is 12.8 Å². The summed E-state index contributed by atoms with van der Waals surface area (Å²) in [5.74, 6) is -1.48. The fourth-order valence-electron chi connectivity index (χ4n) is 2.95. The zero-order valence-electron chi connectivity index (χ0n) is 14.2. The van der Waals surface area contributed by atoms with Crippen LogP contribution in [0.3, 0.4) is 0 Å². The number of nitrogens with one attached hydrogen (secondary N) is 1. The smallest absolute Gasteiger partial charge is 0.243 e. The number of anilines is 1. The van der Waals surface area contributed by atoms with E-state index in [-0.39, 0.29) is 28.1 Å². The van der Waals surface area contributed by atoms with Gasteiger partial charge in [0.2, 0.25) is 15.9 Å². The van der Waals surface area contributed by atoms with Gasteiger partial charge in [0.25, 0.3) is 0 Å². The number of hydrogen-bond donors (Lipinski definition) is 1. The largest absolute Gasteiger partial charge is 0.326 e. The van der Waals surface area contributed by atoms with Crippen molar-refractivity contribution >= 4 is 49.1 Å². The molecule has 3 rings (SSSR count). The maximum absolute atomic E-state index is 13.5. The van der Waals surface area contributed by atoms with Gasteiger partial charge in [-0.15, -0.1) is 0 Å². The third-order valence-corrected chi connectivity index (χ3v) is 7.11. The molecule has 0 aromatic heterocycles. The van der Waals surface area contributed by atoms with Crippen molar-refractivity contribution in [1.82, 2.24) is 4.31 Å². The topological polar surface area (TPSA) is 66.5 Å². The van der Waals surface area contributed by atoms with E-state index >= 15 is 0 Å². The summed E-state index contributed by atoms with van der Waals surface area (Å²) >= 11 is 8.92. The second kappa shape index (κ2) is 8.26. The number of sulfonamides is 1. The van der Waals surface area contributed by atoms with Crippen molar-refractivity contribution in [3.8, 4) is 0 Å². The molecule has 0 spiro atoms. The van der Waals surface area contributed by atoms with Crippen LogP contribution in [-0.2, 0) is 14.8 Å². The van der Waals surface area contributed by atoms with Crippen LogP contribution in [0.2, 0.25) is 5.02 Å². The zero-order valence-corrected chi connectivity index (χ0v) is 17.3. The fourth-order valence-corrected chi connectivity index (χ4v) is 4.85. The van der Waals surface area contributed by atoms with Gasteiger partial charge in [0.05, 0.1) is 15.8 Å². The molecular weight excluding hydrogens is 459 g/mol. The van der Waals surface area contributed by atoms with E-state index < -0.39 is 21.8 Å². The molecule has 144 valence electrons. The molecule has 0 unspecified atom stereocenters. The molecule has 1 N–H and O–H groups in total. The van der Waals surface area contributed by atoms with Crippen LogP contribution < -0.4 is 5.32 Å². The summed E-state index contributed by atoms with van der Waals surface area (Å²) in [7, 11) is -3.68. The van der Waals surface area contributed by atoms with Crippen LogP contribution in [0.4, 0.5) is 10.1 Å². The van der Waals surface area contributed by atoms with Crippen LogP contribution >= 0.6 is 27.5 Å². The number of nitrogens with zero attached hydrogens (tertiary/aromatic N) is 1. The molecule has 1 aliphatic heterocycles. The Balaban J connectivity index is 1.72. The van der Waals surface area contributed by atoms with E-state index in [4.69, 9.17) is 11.6 Å². The Morgan fingerprint density at radius 1 is 1.22 bits per heavy atom. The molecule has 9 heteroatoms. The molecule has 1 fully saturated rings. The molecule has 1 atom stereocenters. The summed E-state index contributed by atoms with van der Waals surface area (Å²) in [4.78, 5) is 12.7. The predicted octanol–water partition coefficient (Wildman–Crippen LogP) is 4.28. The first-order chi connectivity index (χ1) is 12.8. The van der Waals surface area contributed by atoms with Crippen molar-refractivity contribution in [2.75, 3.05) is 18.4 Å². The van der Waals surface area contributed by atoms with E-state index in [1.165, 1.54) is 28.6 Å². The van der Waals surface area contributed by atoms with Crippen LogP contribution in [0.15, 0.2) is 51.8 Å². The van der Waals surface area contributed by atoms with Gasteiger partial charge in [0.15, 0.2) is 0 Å². The Morgan fingerprint density at radius 2 is 1.93 bits per heavy atom. The SMILES string of the molecule is O=C(Nc1ccc(Cl)c(F)c1)[C@H]1CCCN(S(=O)(=O)c2ccc(Br)cc2)C1. The van der Waals surface area contributed by atoms with E-state index in [2.05, 4.69) is 21.2 Å². The first-order valence-electron chi connectivity index (χ1n) is 8.29. The average Bonchev–Trinajstić information content (AvgIpc) is 2.65. The highest BCUT2D eigenvalue weighted by Gasteiger charge is 2.33. The van der Waals surface area contributed by atoms with Gasteiger partial charge in [-0.2, -0.15) is 4.31 Å². The first-order valence-corrected chi connectivity index (χ1v) is 10.9. The number of carbonyl (C=O) groups excluding carboxylic acids is 1. The highest BCUT2D eigenvalue weighted by molar-refractivity contribution is 9.10. The van der Waals surface area contributed by atoms with Crippen LogP contribution in [0, 0.1) is 11.7 Å². The van der Waals surface area contributed by atoms with Crippen molar-refractivity contribution in [1.29, 1.82) is 0 Å². The van der Waals surface area contributed by atoms with Crippen LogP contribution in [0.25, 0.3) is 0 Å². The lowest BCUT2D eigenvalue weighted by Crippen LogP contribution is -2.43. The average molecular weight is 476 g/mol. The van der Waals surface area contributed by atoms with Gasteiger partial charge in [-0.3, -0.25) is 4.79 Å². The molecule has 0 radical (unpaired) electrons. The minimum absolute atomic E-state index is 0.0302. The summed E-state index contributed by atoms with van der Waals surface area (Å²) in [6, 6.07) is 10.4. The Hall–Kier alpha value is -1.48. The van der Waals surface area contributed by atoms with E-state index in [9.17, 15) is 17.6 Å². The number of benzene rings is 2. The van der Waals surface area contributed by atoms with E-state index in [1.54, 1.807) is 12.1 Å². The van der Waals surface area contributed by atoms with Crippen molar-refractivity contribution in [3.63, 3.8) is 0 Å². The van der Waals surface area contributed by atoms with Crippen molar-refractivity contribution in [2.24, 2.45) is 5.92 Å². The molecule has 27 heavy (non-hydrogen) atoms. The van der Waals surface area contributed by atoms with Crippen molar-refractivity contribution in [3.05, 3.63) is 57.8 Å². The third kappa shape index (κ3) is 4.68. The monoisotopic (exact) mass is 474 g/mol. The molecule has 1 saturated heterocycles. The van der Waals surface area contributed by atoms with Gasteiger partial charge in [0, 0.05) is 23.2 Å². The molecule has 5 nitrogen and oxygen atoms in total. The highest BCUT2D eigenvalue weighted by atomic mass is 79.9. The molecule has 2 aromatic carbocycles. The lowest BCUT2D eigenvalue weighted by Gasteiger charge is -2.31. The molecule has 1 heterocycles. The molecule has 2 aromatic rings. The highest BCUT2D eigenvalue weighted by Crippen LogP contribution is 2.26. The molecular formula is C18H17BrClFN2O3S. The molecule has 1 aliphatic rings. The third-order valence-electron chi connectivity index (χ3n) is 4.39. The number of amides is 1. The predicted molar refractivity (Wildman–Crippen MR) is 106 cm³/mol. The second-order valence-electron chi connectivity index (χ2n) is 6.27. The minimum Gasteiger partial charge on any atom is -0.326 e. The summed E-state index contributed by atoms with van der Waals surface area (Å²) in [6.07, 6.45) is 1.14. The number of hydrogen-bond acceptors (Lipinski definition) is 3.